The maximum absolute atomic E-state index is 11.9. The molecule has 4 atom stereocenters. The zero-order chi connectivity index (χ0) is 15.7. The van der Waals surface area contributed by atoms with Gasteiger partial charge in [-0.3, -0.25) is 0 Å². The predicted molar refractivity (Wildman–Crippen MR) is 77.6 cm³/mol. The van der Waals surface area contributed by atoms with Gasteiger partial charge in [0.05, 0.1) is 18.9 Å². The van der Waals surface area contributed by atoms with Gasteiger partial charge >= 0.3 is 12.1 Å². The van der Waals surface area contributed by atoms with Gasteiger partial charge in [-0.05, 0) is 37.5 Å². The highest BCUT2D eigenvalue weighted by Crippen LogP contribution is 2.46. The van der Waals surface area contributed by atoms with Crippen LogP contribution in [0.3, 0.4) is 0 Å². The molecule has 1 amide bonds. The molecule has 6 nitrogen and oxygen atoms in total. The number of amides is 1. The van der Waals surface area contributed by atoms with Crippen molar-refractivity contribution < 1.29 is 23.8 Å². The number of alkyl carbamates (subject to hydrolysis) is 1. The summed E-state index contributed by atoms with van der Waals surface area (Å²) in [4.78, 5) is 23.7. The van der Waals surface area contributed by atoms with Crippen molar-refractivity contribution in [2.24, 2.45) is 23.7 Å². The molecule has 122 valence electrons. The summed E-state index contributed by atoms with van der Waals surface area (Å²) in [6.45, 7) is 2.77. The second-order valence-corrected chi connectivity index (χ2v) is 6.54. The average Bonchev–Trinajstić information content (AvgIpc) is 3.27. The molecule has 4 unspecified atom stereocenters. The Morgan fingerprint density at radius 2 is 2.09 bits per heavy atom. The van der Waals surface area contributed by atoms with E-state index in [4.69, 9.17) is 14.2 Å². The minimum atomic E-state index is -0.630. The lowest BCUT2D eigenvalue weighted by atomic mass is 9.83. The van der Waals surface area contributed by atoms with E-state index >= 15 is 0 Å². The molecule has 1 N–H and O–H groups in total. The standard InChI is InChI=1S/C16H23NO5/c1-9-3-6-11-12(14(18)20-2)8-21-15(13(9)11)22-16(19)17-7-10-4-5-10/h8-11,13,15H,3-7H2,1-2H3,(H,17,19). The molecule has 2 fully saturated rings. The van der Waals surface area contributed by atoms with Crippen LogP contribution in [0, 0.1) is 23.7 Å². The molecule has 2 aliphatic carbocycles. The zero-order valence-corrected chi connectivity index (χ0v) is 13.0. The highest BCUT2D eigenvalue weighted by Gasteiger charge is 2.48. The summed E-state index contributed by atoms with van der Waals surface area (Å²) in [5, 5.41) is 2.78. The summed E-state index contributed by atoms with van der Waals surface area (Å²) in [7, 11) is 1.37. The van der Waals surface area contributed by atoms with Gasteiger partial charge in [-0.1, -0.05) is 6.92 Å². The lowest BCUT2D eigenvalue weighted by Gasteiger charge is -2.34. The van der Waals surface area contributed by atoms with Gasteiger partial charge in [-0.25, -0.2) is 9.59 Å². The summed E-state index contributed by atoms with van der Waals surface area (Å²) >= 11 is 0. The summed E-state index contributed by atoms with van der Waals surface area (Å²) in [6.07, 6.45) is 4.56. The smallest absolute Gasteiger partial charge is 0.410 e. The van der Waals surface area contributed by atoms with Crippen LogP contribution >= 0.6 is 0 Å². The molecular formula is C16H23NO5. The van der Waals surface area contributed by atoms with Crippen LogP contribution in [0.4, 0.5) is 4.79 Å². The number of carbonyl (C=O) groups is 2. The minimum absolute atomic E-state index is 0.00535. The van der Waals surface area contributed by atoms with Gasteiger partial charge in [-0.2, -0.15) is 0 Å². The number of hydrogen-bond donors (Lipinski definition) is 1. The third-order valence-corrected chi connectivity index (χ3v) is 4.97. The van der Waals surface area contributed by atoms with Gasteiger partial charge in [0.1, 0.15) is 0 Å². The highest BCUT2D eigenvalue weighted by molar-refractivity contribution is 5.89. The molecule has 22 heavy (non-hydrogen) atoms. The first-order valence-electron chi connectivity index (χ1n) is 7.98. The van der Waals surface area contributed by atoms with Gasteiger partial charge in [0.2, 0.25) is 6.29 Å². The van der Waals surface area contributed by atoms with Crippen LogP contribution in [0.2, 0.25) is 0 Å². The van der Waals surface area contributed by atoms with Crippen LogP contribution in [0.15, 0.2) is 11.8 Å². The Morgan fingerprint density at radius 1 is 1.32 bits per heavy atom. The summed E-state index contributed by atoms with van der Waals surface area (Å²) < 4.78 is 15.8. The van der Waals surface area contributed by atoms with Crippen LogP contribution in [0.1, 0.15) is 32.6 Å². The van der Waals surface area contributed by atoms with Gasteiger partial charge in [0.15, 0.2) is 0 Å². The molecule has 0 spiro atoms. The van der Waals surface area contributed by atoms with Crippen LogP contribution in [0.25, 0.3) is 0 Å². The van der Waals surface area contributed by atoms with Crippen molar-refractivity contribution in [2.45, 2.75) is 38.9 Å². The first kappa shape index (κ1) is 15.2. The van der Waals surface area contributed by atoms with Crippen molar-refractivity contribution in [1.82, 2.24) is 5.32 Å². The molecule has 6 heteroatoms. The number of esters is 1. The van der Waals surface area contributed by atoms with E-state index in [1.807, 2.05) is 0 Å². The second kappa shape index (κ2) is 6.18. The molecule has 1 aliphatic heterocycles. The zero-order valence-electron chi connectivity index (χ0n) is 13.0. The van der Waals surface area contributed by atoms with Crippen LogP contribution < -0.4 is 5.32 Å². The van der Waals surface area contributed by atoms with E-state index in [0.29, 0.717) is 24.0 Å². The van der Waals surface area contributed by atoms with Gasteiger partial charge in [0.25, 0.3) is 0 Å². The SMILES string of the molecule is COC(=O)C1=COC(OC(=O)NCC2CC2)C2C(C)CCC12. The molecule has 2 saturated carbocycles. The van der Waals surface area contributed by atoms with Crippen molar-refractivity contribution in [1.29, 1.82) is 0 Å². The quantitative estimate of drug-likeness (QED) is 0.806. The molecule has 0 aromatic rings. The number of carbonyl (C=O) groups excluding carboxylic acids is 2. The maximum atomic E-state index is 11.9. The fourth-order valence-electron chi connectivity index (χ4n) is 3.48. The predicted octanol–water partition coefficient (Wildman–Crippen LogP) is 2.20. The topological polar surface area (TPSA) is 73.9 Å². The minimum Gasteiger partial charge on any atom is -0.466 e. The first-order valence-corrected chi connectivity index (χ1v) is 7.98. The fraction of sp³-hybridized carbons (Fsp3) is 0.750. The van der Waals surface area contributed by atoms with Crippen LogP contribution in [0.5, 0.6) is 0 Å². The van der Waals surface area contributed by atoms with Crippen molar-refractivity contribution in [3.8, 4) is 0 Å². The van der Waals surface area contributed by atoms with E-state index in [9.17, 15) is 9.59 Å². The first-order chi connectivity index (χ1) is 10.6. The molecule has 3 aliphatic rings. The Hall–Kier alpha value is -1.72. The largest absolute Gasteiger partial charge is 0.466 e. The van der Waals surface area contributed by atoms with Crippen molar-refractivity contribution in [2.75, 3.05) is 13.7 Å². The molecule has 0 radical (unpaired) electrons. The normalized spacial score (nSPS) is 33.3. The molecular weight excluding hydrogens is 286 g/mol. The lowest BCUT2D eigenvalue weighted by Crippen LogP contribution is -2.41. The van der Waals surface area contributed by atoms with E-state index < -0.39 is 12.4 Å². The highest BCUT2D eigenvalue weighted by atomic mass is 16.7. The Labute approximate surface area is 130 Å². The Balaban J connectivity index is 1.65. The number of fused-ring (bicyclic) bond motifs is 1. The van der Waals surface area contributed by atoms with Gasteiger partial charge in [0, 0.05) is 18.4 Å². The third kappa shape index (κ3) is 3.05. The van der Waals surface area contributed by atoms with Gasteiger partial charge < -0.3 is 19.5 Å². The van der Waals surface area contributed by atoms with Crippen LogP contribution in [-0.4, -0.2) is 32.0 Å². The van der Waals surface area contributed by atoms with Crippen LogP contribution in [-0.2, 0) is 19.0 Å². The Kier molecular flexibility index (Phi) is 4.27. The molecule has 1 heterocycles. The number of nitrogens with one attached hydrogen (secondary N) is 1. The molecule has 0 saturated heterocycles. The van der Waals surface area contributed by atoms with E-state index in [1.54, 1.807) is 0 Å². The summed E-state index contributed by atoms with van der Waals surface area (Å²) in [5.41, 5.74) is 0.551. The number of hydrogen-bond acceptors (Lipinski definition) is 5. The summed E-state index contributed by atoms with van der Waals surface area (Å²) in [5.74, 6) is 0.618. The number of ether oxygens (including phenoxy) is 3. The Morgan fingerprint density at radius 3 is 2.77 bits per heavy atom. The lowest BCUT2D eigenvalue weighted by molar-refractivity contribution is -0.145. The van der Waals surface area contributed by atoms with Crippen molar-refractivity contribution >= 4 is 12.1 Å². The van der Waals surface area contributed by atoms with Gasteiger partial charge in [-0.15, -0.1) is 0 Å². The molecule has 0 aromatic heterocycles. The van der Waals surface area contributed by atoms with E-state index in [-0.39, 0.29) is 17.8 Å². The summed E-state index contributed by atoms with van der Waals surface area (Å²) in [6, 6.07) is 0. The maximum Gasteiger partial charge on any atom is 0.410 e. The number of methoxy groups -OCH3 is 1. The molecule has 3 rings (SSSR count). The monoisotopic (exact) mass is 309 g/mol. The van der Waals surface area contributed by atoms with E-state index in [0.717, 1.165) is 12.8 Å². The van der Waals surface area contributed by atoms with E-state index in [2.05, 4.69) is 12.2 Å². The van der Waals surface area contributed by atoms with E-state index in [1.165, 1.54) is 26.2 Å². The van der Waals surface area contributed by atoms with Crippen molar-refractivity contribution in [3.05, 3.63) is 11.8 Å². The Bertz CT molecular complexity index is 485. The number of rotatable bonds is 4. The molecule has 0 aromatic carbocycles. The molecule has 0 bridgehead atoms. The third-order valence-electron chi connectivity index (χ3n) is 4.97. The fourth-order valence-corrected chi connectivity index (χ4v) is 3.48. The van der Waals surface area contributed by atoms with Crippen molar-refractivity contribution in [3.63, 3.8) is 0 Å². The average molecular weight is 309 g/mol. The second-order valence-electron chi connectivity index (χ2n) is 6.54.